The number of nitrogens with zero attached hydrogens (tertiary/aromatic N) is 2. The average Bonchev–Trinajstić information content (AvgIpc) is 2.67. The Balaban J connectivity index is 2.36. The predicted molar refractivity (Wildman–Crippen MR) is 83.1 cm³/mol. The largest absolute Gasteiger partial charge is 0.325 e. The summed E-state index contributed by atoms with van der Waals surface area (Å²) in [5, 5.41) is 3.37. The Hall–Kier alpha value is -1.55. The van der Waals surface area contributed by atoms with E-state index in [2.05, 4.69) is 23.5 Å². The van der Waals surface area contributed by atoms with E-state index in [0.29, 0.717) is 6.04 Å². The van der Waals surface area contributed by atoms with Crippen LogP contribution in [-0.2, 0) is 0 Å². The van der Waals surface area contributed by atoms with Crippen molar-refractivity contribution in [2.24, 2.45) is 0 Å². The number of rotatable bonds is 3. The summed E-state index contributed by atoms with van der Waals surface area (Å²) in [6.45, 7) is 6.36. The number of benzene rings is 1. The molecule has 0 saturated heterocycles. The molecular weight excluding hydrogens is 250 g/mol. The van der Waals surface area contributed by atoms with Crippen molar-refractivity contribution < 1.29 is 4.79 Å². The third-order valence-electron chi connectivity index (χ3n) is 4.09. The van der Waals surface area contributed by atoms with E-state index in [1.54, 1.807) is 0 Å². The van der Waals surface area contributed by atoms with Gasteiger partial charge >= 0.3 is 6.03 Å². The second-order valence-electron chi connectivity index (χ2n) is 5.15. The highest BCUT2D eigenvalue weighted by molar-refractivity contribution is 5.93. The Morgan fingerprint density at radius 3 is 2.70 bits per heavy atom. The number of anilines is 1. The summed E-state index contributed by atoms with van der Waals surface area (Å²) in [4.78, 5) is 16.5. The molecule has 0 saturated carbocycles. The van der Waals surface area contributed by atoms with Gasteiger partial charge in [0.15, 0.2) is 0 Å². The third-order valence-corrected chi connectivity index (χ3v) is 4.09. The SMILES string of the molecule is CCN(CC)C(=O)N1CCCC(NC)c2ccccc21. The first-order valence-corrected chi connectivity index (χ1v) is 7.55. The standard InChI is InChI=1S/C16H25N3O/c1-4-18(5-2)16(20)19-12-8-10-14(17-3)13-9-6-7-11-15(13)19/h6-7,9,11,14,17H,4-5,8,10,12H2,1-3H3. The minimum Gasteiger partial charge on any atom is -0.325 e. The van der Waals surface area contributed by atoms with Gasteiger partial charge in [-0.1, -0.05) is 18.2 Å². The minimum absolute atomic E-state index is 0.124. The van der Waals surface area contributed by atoms with Crippen molar-refractivity contribution in [3.05, 3.63) is 29.8 Å². The Bertz CT molecular complexity index is 457. The lowest BCUT2D eigenvalue weighted by Crippen LogP contribution is -2.43. The van der Waals surface area contributed by atoms with Crippen molar-refractivity contribution in [3.63, 3.8) is 0 Å². The molecule has 1 N–H and O–H groups in total. The van der Waals surface area contributed by atoms with Gasteiger partial charge in [-0.25, -0.2) is 4.79 Å². The first kappa shape index (κ1) is 14.9. The molecule has 2 amide bonds. The zero-order valence-corrected chi connectivity index (χ0v) is 12.7. The third kappa shape index (κ3) is 2.80. The molecule has 4 heteroatoms. The smallest absolute Gasteiger partial charge is 0.324 e. The Labute approximate surface area is 121 Å². The van der Waals surface area contributed by atoms with Crippen LogP contribution in [0.25, 0.3) is 0 Å². The molecule has 1 aliphatic heterocycles. The van der Waals surface area contributed by atoms with Crippen molar-refractivity contribution in [1.29, 1.82) is 0 Å². The molecule has 1 atom stereocenters. The fourth-order valence-corrected chi connectivity index (χ4v) is 2.92. The Morgan fingerprint density at radius 2 is 2.05 bits per heavy atom. The molecule has 1 aromatic carbocycles. The van der Waals surface area contributed by atoms with E-state index >= 15 is 0 Å². The highest BCUT2D eigenvalue weighted by atomic mass is 16.2. The molecule has 1 aliphatic rings. The summed E-state index contributed by atoms with van der Waals surface area (Å²) in [5.41, 5.74) is 2.29. The van der Waals surface area contributed by atoms with E-state index in [1.165, 1.54) is 5.56 Å². The molecule has 0 radical (unpaired) electrons. The summed E-state index contributed by atoms with van der Waals surface area (Å²) in [7, 11) is 1.99. The average molecular weight is 275 g/mol. The quantitative estimate of drug-likeness (QED) is 0.920. The molecular formula is C16H25N3O. The monoisotopic (exact) mass is 275 g/mol. The van der Waals surface area contributed by atoms with Crippen LogP contribution in [0, 0.1) is 0 Å². The number of urea groups is 1. The van der Waals surface area contributed by atoms with Crippen LogP contribution in [0.2, 0.25) is 0 Å². The van der Waals surface area contributed by atoms with Crippen molar-refractivity contribution in [2.75, 3.05) is 31.6 Å². The summed E-state index contributed by atoms with van der Waals surface area (Å²) in [5.74, 6) is 0. The van der Waals surface area contributed by atoms with Gasteiger partial charge < -0.3 is 10.2 Å². The number of para-hydroxylation sites is 1. The molecule has 0 aliphatic carbocycles. The molecule has 0 aromatic heterocycles. The van der Waals surface area contributed by atoms with Crippen molar-refractivity contribution in [2.45, 2.75) is 32.7 Å². The topological polar surface area (TPSA) is 35.6 Å². The van der Waals surface area contributed by atoms with E-state index in [4.69, 9.17) is 0 Å². The number of nitrogens with one attached hydrogen (secondary N) is 1. The highest BCUT2D eigenvalue weighted by Gasteiger charge is 2.27. The number of fused-ring (bicyclic) bond motifs is 1. The maximum Gasteiger partial charge on any atom is 0.324 e. The van der Waals surface area contributed by atoms with Crippen LogP contribution in [0.5, 0.6) is 0 Å². The molecule has 110 valence electrons. The molecule has 1 aromatic rings. The van der Waals surface area contributed by atoms with Gasteiger partial charge in [-0.3, -0.25) is 4.90 Å². The van der Waals surface area contributed by atoms with Gasteiger partial charge in [0.2, 0.25) is 0 Å². The van der Waals surface area contributed by atoms with Crippen LogP contribution in [-0.4, -0.2) is 37.6 Å². The summed E-state index contributed by atoms with van der Waals surface area (Å²) >= 11 is 0. The normalized spacial score (nSPS) is 18.4. The maximum absolute atomic E-state index is 12.7. The van der Waals surface area contributed by atoms with Crippen LogP contribution >= 0.6 is 0 Å². The zero-order chi connectivity index (χ0) is 14.5. The van der Waals surface area contributed by atoms with Crippen LogP contribution < -0.4 is 10.2 Å². The molecule has 1 unspecified atom stereocenters. The molecule has 0 bridgehead atoms. The first-order chi connectivity index (χ1) is 9.72. The van der Waals surface area contributed by atoms with Gasteiger partial charge in [-0.2, -0.15) is 0 Å². The van der Waals surface area contributed by atoms with E-state index in [1.807, 2.05) is 36.8 Å². The van der Waals surface area contributed by atoms with Crippen LogP contribution in [0.15, 0.2) is 24.3 Å². The number of carbonyl (C=O) groups excluding carboxylic acids is 1. The highest BCUT2D eigenvalue weighted by Crippen LogP contribution is 2.33. The van der Waals surface area contributed by atoms with Gasteiger partial charge in [-0.05, 0) is 45.4 Å². The lowest BCUT2D eigenvalue weighted by atomic mass is 10.0. The maximum atomic E-state index is 12.7. The van der Waals surface area contributed by atoms with Crippen LogP contribution in [0.1, 0.15) is 38.3 Å². The molecule has 1 heterocycles. The van der Waals surface area contributed by atoms with Crippen molar-refractivity contribution >= 4 is 11.7 Å². The van der Waals surface area contributed by atoms with Crippen LogP contribution in [0.4, 0.5) is 10.5 Å². The summed E-state index contributed by atoms with van der Waals surface area (Å²) < 4.78 is 0. The van der Waals surface area contributed by atoms with Gasteiger partial charge in [0.25, 0.3) is 0 Å². The predicted octanol–water partition coefficient (Wildman–Crippen LogP) is 3.01. The molecule has 2 rings (SSSR count). The second-order valence-corrected chi connectivity index (χ2v) is 5.15. The van der Waals surface area contributed by atoms with E-state index < -0.39 is 0 Å². The summed E-state index contributed by atoms with van der Waals surface area (Å²) in [6.07, 6.45) is 2.09. The Kier molecular flexibility index (Phi) is 5.01. The van der Waals surface area contributed by atoms with Crippen LogP contribution in [0.3, 0.4) is 0 Å². The van der Waals surface area contributed by atoms with Crippen molar-refractivity contribution in [1.82, 2.24) is 10.2 Å². The minimum atomic E-state index is 0.124. The van der Waals surface area contributed by atoms with Gasteiger partial charge in [0, 0.05) is 25.7 Å². The first-order valence-electron chi connectivity index (χ1n) is 7.55. The molecule has 4 nitrogen and oxygen atoms in total. The number of amides is 2. The fraction of sp³-hybridized carbons (Fsp3) is 0.562. The lowest BCUT2D eigenvalue weighted by Gasteiger charge is -2.29. The molecule has 20 heavy (non-hydrogen) atoms. The van der Waals surface area contributed by atoms with Gasteiger partial charge in [-0.15, -0.1) is 0 Å². The van der Waals surface area contributed by atoms with Gasteiger partial charge in [0.05, 0.1) is 5.69 Å². The summed E-state index contributed by atoms with van der Waals surface area (Å²) in [6, 6.07) is 8.71. The number of carbonyl (C=O) groups is 1. The van der Waals surface area contributed by atoms with E-state index in [9.17, 15) is 4.79 Å². The molecule has 0 spiro atoms. The van der Waals surface area contributed by atoms with Gasteiger partial charge in [0.1, 0.15) is 0 Å². The number of hydrogen-bond acceptors (Lipinski definition) is 2. The lowest BCUT2D eigenvalue weighted by molar-refractivity contribution is 0.210. The fourth-order valence-electron chi connectivity index (χ4n) is 2.92. The van der Waals surface area contributed by atoms with E-state index in [-0.39, 0.29) is 6.03 Å². The molecule has 0 fully saturated rings. The van der Waals surface area contributed by atoms with Crippen molar-refractivity contribution in [3.8, 4) is 0 Å². The Morgan fingerprint density at radius 1 is 1.35 bits per heavy atom. The zero-order valence-electron chi connectivity index (χ0n) is 12.7. The van der Waals surface area contributed by atoms with E-state index in [0.717, 1.165) is 38.2 Å². The number of hydrogen-bond donors (Lipinski definition) is 1. The second kappa shape index (κ2) is 6.75.